The standard InChI is InChI=1S/C28H28ClN3O4S/c1-34-22-10-4-19(5-11-22)26-27(20-6-12-23(35-2)13-7-20)32-28(31-26)37-17-3-16-30-25(33)18-36-24-14-8-21(29)9-15-24/h4-15H,3,16-18H2,1-2H3,(H,30,33)(H,31,32). The van der Waals surface area contributed by atoms with E-state index in [9.17, 15) is 4.79 Å². The molecule has 0 saturated heterocycles. The van der Waals surface area contributed by atoms with Gasteiger partial charge in [0.1, 0.15) is 17.2 Å². The Morgan fingerprint density at radius 1 is 0.892 bits per heavy atom. The first kappa shape index (κ1) is 26.4. The predicted molar refractivity (Wildman–Crippen MR) is 148 cm³/mol. The highest BCUT2D eigenvalue weighted by Crippen LogP contribution is 2.34. The van der Waals surface area contributed by atoms with Gasteiger partial charge in [0.05, 0.1) is 25.6 Å². The van der Waals surface area contributed by atoms with Gasteiger partial charge in [-0.25, -0.2) is 4.98 Å². The van der Waals surface area contributed by atoms with Gasteiger partial charge in [-0.05, 0) is 79.2 Å². The number of carbonyl (C=O) groups is 1. The molecule has 0 spiro atoms. The van der Waals surface area contributed by atoms with E-state index in [0.29, 0.717) is 17.3 Å². The molecule has 0 unspecified atom stereocenters. The Balaban J connectivity index is 1.34. The van der Waals surface area contributed by atoms with Crippen molar-refractivity contribution >= 4 is 29.3 Å². The van der Waals surface area contributed by atoms with Crippen LogP contribution in [0, 0.1) is 0 Å². The van der Waals surface area contributed by atoms with Crippen LogP contribution >= 0.6 is 23.4 Å². The molecule has 0 fully saturated rings. The van der Waals surface area contributed by atoms with Crippen molar-refractivity contribution in [1.29, 1.82) is 0 Å². The molecule has 0 aliphatic carbocycles. The minimum absolute atomic E-state index is 0.0383. The number of carbonyl (C=O) groups excluding carboxylic acids is 1. The summed E-state index contributed by atoms with van der Waals surface area (Å²) in [5.41, 5.74) is 3.80. The average molecular weight is 538 g/mol. The van der Waals surface area contributed by atoms with Gasteiger partial charge in [0.15, 0.2) is 11.8 Å². The third-order valence-corrected chi connectivity index (χ3v) is 6.70. The molecule has 0 radical (unpaired) electrons. The molecule has 4 aromatic rings. The SMILES string of the molecule is COc1ccc(-c2nc(SCCCNC(=O)COc3ccc(Cl)cc3)[nH]c2-c2ccc(OC)cc2)cc1. The minimum atomic E-state index is -0.165. The molecule has 37 heavy (non-hydrogen) atoms. The van der Waals surface area contributed by atoms with Crippen LogP contribution < -0.4 is 19.5 Å². The van der Waals surface area contributed by atoms with Gasteiger partial charge in [-0.3, -0.25) is 4.79 Å². The number of hydrogen-bond donors (Lipinski definition) is 2. The van der Waals surface area contributed by atoms with E-state index < -0.39 is 0 Å². The summed E-state index contributed by atoms with van der Waals surface area (Å²) in [4.78, 5) is 20.4. The lowest BCUT2D eigenvalue weighted by atomic mass is 10.0. The fourth-order valence-corrected chi connectivity index (χ4v) is 4.48. The summed E-state index contributed by atoms with van der Waals surface area (Å²) in [6.45, 7) is 0.511. The van der Waals surface area contributed by atoms with Gasteiger partial charge < -0.3 is 24.5 Å². The summed E-state index contributed by atoms with van der Waals surface area (Å²) in [5.74, 6) is 2.82. The number of halogens is 1. The van der Waals surface area contributed by atoms with Crippen molar-refractivity contribution < 1.29 is 19.0 Å². The molecule has 0 atom stereocenters. The fraction of sp³-hybridized carbons (Fsp3) is 0.214. The van der Waals surface area contributed by atoms with Crippen molar-refractivity contribution in [2.45, 2.75) is 11.6 Å². The third-order valence-electron chi connectivity index (χ3n) is 5.49. The number of thioether (sulfide) groups is 1. The monoisotopic (exact) mass is 537 g/mol. The van der Waals surface area contributed by atoms with E-state index in [-0.39, 0.29) is 12.5 Å². The van der Waals surface area contributed by atoms with E-state index in [1.807, 2.05) is 48.5 Å². The van der Waals surface area contributed by atoms with Crippen molar-refractivity contribution in [2.24, 2.45) is 0 Å². The highest BCUT2D eigenvalue weighted by atomic mass is 35.5. The number of benzene rings is 3. The first-order chi connectivity index (χ1) is 18.1. The van der Waals surface area contributed by atoms with Gasteiger partial charge in [0, 0.05) is 28.4 Å². The lowest BCUT2D eigenvalue weighted by molar-refractivity contribution is -0.123. The van der Waals surface area contributed by atoms with E-state index in [4.69, 9.17) is 30.8 Å². The number of ether oxygens (including phenoxy) is 3. The van der Waals surface area contributed by atoms with Crippen LogP contribution in [0.2, 0.25) is 5.02 Å². The molecule has 192 valence electrons. The van der Waals surface area contributed by atoms with Crippen molar-refractivity contribution in [3.05, 3.63) is 77.8 Å². The topological polar surface area (TPSA) is 85.5 Å². The maximum atomic E-state index is 12.1. The molecule has 4 rings (SSSR count). The zero-order valence-corrected chi connectivity index (χ0v) is 22.2. The summed E-state index contributed by atoms with van der Waals surface area (Å²) in [6, 6.07) is 22.6. The summed E-state index contributed by atoms with van der Waals surface area (Å²) < 4.78 is 16.1. The fourth-order valence-electron chi connectivity index (χ4n) is 3.54. The van der Waals surface area contributed by atoms with E-state index in [1.54, 1.807) is 50.2 Å². The Bertz CT molecular complexity index is 1230. The van der Waals surface area contributed by atoms with E-state index in [1.165, 1.54) is 0 Å². The van der Waals surface area contributed by atoms with E-state index in [0.717, 1.165) is 51.3 Å². The molecule has 1 aromatic heterocycles. The highest BCUT2D eigenvalue weighted by molar-refractivity contribution is 7.99. The summed E-state index contributed by atoms with van der Waals surface area (Å²) >= 11 is 7.47. The number of aromatic nitrogens is 2. The van der Waals surface area contributed by atoms with Gasteiger partial charge >= 0.3 is 0 Å². The lowest BCUT2D eigenvalue weighted by Gasteiger charge is -2.07. The molecule has 1 heterocycles. The second kappa shape index (κ2) is 13.1. The first-order valence-electron chi connectivity index (χ1n) is 11.7. The second-order valence-corrected chi connectivity index (χ2v) is 9.54. The van der Waals surface area contributed by atoms with Crippen molar-refractivity contribution in [3.63, 3.8) is 0 Å². The maximum absolute atomic E-state index is 12.1. The predicted octanol–water partition coefficient (Wildman–Crippen LogP) is 6.09. The zero-order chi connectivity index (χ0) is 26.0. The van der Waals surface area contributed by atoms with Gasteiger partial charge in [0.2, 0.25) is 0 Å². The Kier molecular flexibility index (Phi) is 9.35. The lowest BCUT2D eigenvalue weighted by Crippen LogP contribution is -2.29. The third kappa shape index (κ3) is 7.44. The van der Waals surface area contributed by atoms with Crippen LogP contribution in [-0.2, 0) is 4.79 Å². The largest absolute Gasteiger partial charge is 0.497 e. The van der Waals surface area contributed by atoms with Crippen molar-refractivity contribution in [2.75, 3.05) is 33.1 Å². The number of nitrogens with zero attached hydrogens (tertiary/aromatic N) is 1. The molecule has 0 bridgehead atoms. The molecule has 0 aliphatic rings. The van der Waals surface area contributed by atoms with Gasteiger partial charge in [0.25, 0.3) is 5.91 Å². The normalized spacial score (nSPS) is 10.7. The number of aromatic amines is 1. The molecule has 0 aliphatic heterocycles. The van der Waals surface area contributed by atoms with Crippen molar-refractivity contribution in [1.82, 2.24) is 15.3 Å². The van der Waals surface area contributed by atoms with Crippen LogP contribution in [0.5, 0.6) is 17.2 Å². The zero-order valence-electron chi connectivity index (χ0n) is 20.6. The number of hydrogen-bond acceptors (Lipinski definition) is 6. The number of nitrogens with one attached hydrogen (secondary N) is 2. The van der Waals surface area contributed by atoms with Crippen LogP contribution in [0.15, 0.2) is 78.0 Å². The van der Waals surface area contributed by atoms with Crippen molar-refractivity contribution in [3.8, 4) is 39.8 Å². The average Bonchev–Trinajstić information content (AvgIpc) is 3.37. The van der Waals surface area contributed by atoms with Crippen LogP contribution in [0.3, 0.4) is 0 Å². The number of amides is 1. The van der Waals surface area contributed by atoms with Crippen LogP contribution in [-0.4, -0.2) is 49.0 Å². The molecule has 2 N–H and O–H groups in total. The Morgan fingerprint density at radius 2 is 1.49 bits per heavy atom. The van der Waals surface area contributed by atoms with Gasteiger partial charge in [-0.1, -0.05) is 23.4 Å². The molecule has 3 aromatic carbocycles. The highest BCUT2D eigenvalue weighted by Gasteiger charge is 2.15. The molecule has 7 nitrogen and oxygen atoms in total. The van der Waals surface area contributed by atoms with Gasteiger partial charge in [-0.15, -0.1) is 0 Å². The summed E-state index contributed by atoms with van der Waals surface area (Å²) in [6.07, 6.45) is 0.786. The minimum Gasteiger partial charge on any atom is -0.497 e. The number of methoxy groups -OCH3 is 2. The second-order valence-electron chi connectivity index (χ2n) is 8.02. The smallest absolute Gasteiger partial charge is 0.257 e. The molecular formula is C28H28ClN3O4S. The molecular weight excluding hydrogens is 510 g/mol. The quantitative estimate of drug-likeness (QED) is 0.168. The number of rotatable bonds is 12. The Labute approximate surface area is 225 Å². The summed E-state index contributed by atoms with van der Waals surface area (Å²) in [5, 5.41) is 4.32. The molecule has 9 heteroatoms. The Hall–Kier alpha value is -3.62. The van der Waals surface area contributed by atoms with E-state index >= 15 is 0 Å². The summed E-state index contributed by atoms with van der Waals surface area (Å²) in [7, 11) is 3.30. The first-order valence-corrected chi connectivity index (χ1v) is 13.1. The van der Waals surface area contributed by atoms with E-state index in [2.05, 4.69) is 10.3 Å². The maximum Gasteiger partial charge on any atom is 0.257 e. The Morgan fingerprint density at radius 3 is 2.11 bits per heavy atom. The van der Waals surface area contributed by atoms with Crippen LogP contribution in [0.1, 0.15) is 6.42 Å². The van der Waals surface area contributed by atoms with Crippen LogP contribution in [0.25, 0.3) is 22.5 Å². The van der Waals surface area contributed by atoms with Gasteiger partial charge in [-0.2, -0.15) is 0 Å². The number of imidazole rings is 1. The molecule has 0 saturated carbocycles. The van der Waals surface area contributed by atoms with Crippen LogP contribution in [0.4, 0.5) is 0 Å². The molecule has 1 amide bonds. The number of H-pyrrole nitrogens is 1.